The van der Waals surface area contributed by atoms with Gasteiger partial charge in [-0.3, -0.25) is 10.1 Å². The first-order valence-corrected chi connectivity index (χ1v) is 6.07. The van der Waals surface area contributed by atoms with Crippen molar-refractivity contribution in [3.05, 3.63) is 55.9 Å². The van der Waals surface area contributed by atoms with E-state index in [-0.39, 0.29) is 22.3 Å². The molecule has 0 aliphatic rings. The Morgan fingerprint density at radius 3 is 2.74 bits per heavy atom. The number of halogens is 3. The minimum atomic E-state index is -0.663. The first kappa shape index (κ1) is 13.7. The third-order valence-corrected chi connectivity index (χ3v) is 2.84. The minimum Gasteiger partial charge on any atom is -0.436 e. The zero-order valence-electron chi connectivity index (χ0n) is 9.14. The molecule has 1 aromatic heterocycles. The molecule has 0 amide bonds. The van der Waals surface area contributed by atoms with E-state index in [1.54, 1.807) is 0 Å². The van der Waals surface area contributed by atoms with Gasteiger partial charge in [0.05, 0.1) is 4.92 Å². The van der Waals surface area contributed by atoms with Crippen molar-refractivity contribution in [2.45, 2.75) is 0 Å². The van der Waals surface area contributed by atoms with Crippen molar-refractivity contribution in [3.63, 3.8) is 0 Å². The normalized spacial score (nSPS) is 10.3. The quantitative estimate of drug-likeness (QED) is 0.612. The fourth-order valence-corrected chi connectivity index (χ4v) is 1.83. The number of benzene rings is 1. The first-order valence-electron chi connectivity index (χ1n) is 4.90. The van der Waals surface area contributed by atoms with Crippen molar-refractivity contribution in [3.8, 4) is 11.6 Å². The number of pyridine rings is 1. The molecule has 98 valence electrons. The molecule has 1 aromatic carbocycles. The molecule has 2 aromatic rings. The standard InChI is InChI=1S/C11H5BrClFN2O3/c12-6-3-9(14)11(15-5-6)19-7-1-2-10(16(17)18)8(13)4-7/h1-5H. The van der Waals surface area contributed by atoms with E-state index in [1.807, 2.05) is 0 Å². The maximum atomic E-state index is 13.5. The summed E-state index contributed by atoms with van der Waals surface area (Å²) in [6, 6.07) is 4.90. The van der Waals surface area contributed by atoms with Gasteiger partial charge in [0.15, 0.2) is 5.82 Å². The van der Waals surface area contributed by atoms with Crippen LogP contribution < -0.4 is 4.74 Å². The Hall–Kier alpha value is -1.73. The van der Waals surface area contributed by atoms with Gasteiger partial charge in [0.25, 0.3) is 11.6 Å². The van der Waals surface area contributed by atoms with Crippen LogP contribution in [-0.2, 0) is 0 Å². The summed E-state index contributed by atoms with van der Waals surface area (Å²) in [6.07, 6.45) is 1.37. The Balaban J connectivity index is 2.29. The van der Waals surface area contributed by atoms with Gasteiger partial charge in [-0.2, -0.15) is 0 Å². The van der Waals surface area contributed by atoms with Crippen LogP contribution in [0.5, 0.6) is 11.6 Å². The Morgan fingerprint density at radius 1 is 1.42 bits per heavy atom. The van der Waals surface area contributed by atoms with Gasteiger partial charge in [-0.1, -0.05) is 11.6 Å². The van der Waals surface area contributed by atoms with Crippen LogP contribution in [0.25, 0.3) is 0 Å². The van der Waals surface area contributed by atoms with E-state index in [0.717, 1.165) is 0 Å². The molecule has 0 aliphatic carbocycles. The average molecular weight is 348 g/mol. The lowest BCUT2D eigenvalue weighted by Crippen LogP contribution is -1.93. The fourth-order valence-electron chi connectivity index (χ4n) is 1.29. The number of nitro benzene ring substituents is 1. The molecular formula is C11H5BrClFN2O3. The average Bonchev–Trinajstić information content (AvgIpc) is 2.32. The summed E-state index contributed by atoms with van der Waals surface area (Å²) in [5.41, 5.74) is -0.252. The lowest BCUT2D eigenvalue weighted by Gasteiger charge is -2.06. The molecule has 2 rings (SSSR count). The van der Waals surface area contributed by atoms with E-state index in [2.05, 4.69) is 20.9 Å². The molecule has 1 heterocycles. The van der Waals surface area contributed by atoms with E-state index in [4.69, 9.17) is 16.3 Å². The molecule has 0 aliphatic heterocycles. The van der Waals surface area contributed by atoms with Crippen LogP contribution >= 0.6 is 27.5 Å². The van der Waals surface area contributed by atoms with Gasteiger partial charge in [-0.25, -0.2) is 9.37 Å². The van der Waals surface area contributed by atoms with E-state index in [0.29, 0.717) is 4.47 Å². The molecule has 8 heteroatoms. The van der Waals surface area contributed by atoms with Crippen LogP contribution in [0.3, 0.4) is 0 Å². The number of nitrogens with zero attached hydrogens (tertiary/aromatic N) is 2. The largest absolute Gasteiger partial charge is 0.436 e. The van der Waals surface area contributed by atoms with E-state index < -0.39 is 10.7 Å². The Morgan fingerprint density at radius 2 is 2.16 bits per heavy atom. The van der Waals surface area contributed by atoms with E-state index in [1.165, 1.54) is 30.5 Å². The third kappa shape index (κ3) is 3.18. The number of aromatic nitrogens is 1. The Kier molecular flexibility index (Phi) is 3.96. The second-order valence-electron chi connectivity index (χ2n) is 3.41. The van der Waals surface area contributed by atoms with Crippen molar-refractivity contribution < 1.29 is 14.1 Å². The molecule has 0 saturated heterocycles. The highest BCUT2D eigenvalue weighted by molar-refractivity contribution is 9.10. The summed E-state index contributed by atoms with van der Waals surface area (Å²) in [5, 5.41) is 10.5. The van der Waals surface area contributed by atoms with Gasteiger partial charge in [0.1, 0.15) is 10.8 Å². The van der Waals surface area contributed by atoms with E-state index >= 15 is 0 Å². The molecule has 0 atom stereocenters. The monoisotopic (exact) mass is 346 g/mol. The summed E-state index contributed by atoms with van der Waals surface area (Å²) < 4.78 is 19.1. The van der Waals surface area contributed by atoms with Crippen molar-refractivity contribution in [1.82, 2.24) is 4.98 Å². The Bertz CT molecular complexity index is 654. The lowest BCUT2D eigenvalue weighted by molar-refractivity contribution is -0.384. The first-order chi connectivity index (χ1) is 8.97. The van der Waals surface area contributed by atoms with Gasteiger partial charge in [0.2, 0.25) is 0 Å². The number of rotatable bonds is 3. The topological polar surface area (TPSA) is 65.3 Å². The lowest BCUT2D eigenvalue weighted by atomic mass is 10.3. The zero-order valence-corrected chi connectivity index (χ0v) is 11.5. The summed E-state index contributed by atoms with van der Waals surface area (Å²) >= 11 is 8.78. The highest BCUT2D eigenvalue weighted by Crippen LogP contribution is 2.31. The third-order valence-electron chi connectivity index (χ3n) is 2.10. The maximum Gasteiger partial charge on any atom is 0.288 e. The molecule has 0 saturated carbocycles. The number of hydrogen-bond acceptors (Lipinski definition) is 4. The highest BCUT2D eigenvalue weighted by atomic mass is 79.9. The molecule has 0 unspecified atom stereocenters. The summed E-state index contributed by atoms with van der Waals surface area (Å²) in [7, 11) is 0. The minimum absolute atomic E-state index is 0.0972. The van der Waals surface area contributed by atoms with Gasteiger partial charge in [0, 0.05) is 22.8 Å². The highest BCUT2D eigenvalue weighted by Gasteiger charge is 2.14. The SMILES string of the molecule is O=[N+]([O-])c1ccc(Oc2ncc(Br)cc2F)cc1Cl. The van der Waals surface area contributed by atoms with E-state index in [9.17, 15) is 14.5 Å². The number of ether oxygens (including phenoxy) is 1. The van der Waals surface area contributed by atoms with Crippen molar-refractivity contribution >= 4 is 33.2 Å². The Labute approximate surface area is 120 Å². The van der Waals surface area contributed by atoms with Gasteiger partial charge >= 0.3 is 0 Å². The second-order valence-corrected chi connectivity index (χ2v) is 4.74. The maximum absolute atomic E-state index is 13.5. The van der Waals surface area contributed by atoms with Gasteiger partial charge in [-0.15, -0.1) is 0 Å². The molecule has 19 heavy (non-hydrogen) atoms. The fraction of sp³-hybridized carbons (Fsp3) is 0. The van der Waals surface area contributed by atoms with Crippen LogP contribution in [0.1, 0.15) is 0 Å². The summed E-state index contributed by atoms with van der Waals surface area (Å²) in [6.45, 7) is 0. The molecular weight excluding hydrogens is 342 g/mol. The van der Waals surface area contributed by atoms with Crippen LogP contribution in [0.15, 0.2) is 34.9 Å². The molecule has 0 bridgehead atoms. The zero-order chi connectivity index (χ0) is 14.0. The van der Waals surface area contributed by atoms with Crippen molar-refractivity contribution in [1.29, 1.82) is 0 Å². The van der Waals surface area contributed by atoms with Crippen molar-refractivity contribution in [2.75, 3.05) is 0 Å². The van der Waals surface area contributed by atoms with Crippen LogP contribution in [0.2, 0.25) is 5.02 Å². The van der Waals surface area contributed by atoms with Crippen molar-refractivity contribution in [2.24, 2.45) is 0 Å². The predicted octanol–water partition coefficient (Wildman–Crippen LogP) is 4.34. The van der Waals surface area contributed by atoms with Crippen LogP contribution in [0.4, 0.5) is 10.1 Å². The molecule has 0 radical (unpaired) electrons. The molecule has 0 spiro atoms. The van der Waals surface area contributed by atoms with Crippen LogP contribution in [-0.4, -0.2) is 9.91 Å². The smallest absolute Gasteiger partial charge is 0.288 e. The summed E-state index contributed by atoms with van der Waals surface area (Å²) in [4.78, 5) is 13.7. The molecule has 0 N–H and O–H groups in total. The predicted molar refractivity (Wildman–Crippen MR) is 70.1 cm³/mol. The summed E-state index contributed by atoms with van der Waals surface area (Å²) in [5.74, 6) is -0.749. The van der Waals surface area contributed by atoms with Gasteiger partial charge < -0.3 is 4.74 Å². The molecule has 0 fully saturated rings. The number of nitro groups is 1. The number of hydrogen-bond donors (Lipinski definition) is 0. The molecule has 5 nitrogen and oxygen atoms in total. The van der Waals surface area contributed by atoms with Gasteiger partial charge in [-0.05, 0) is 28.1 Å². The second kappa shape index (κ2) is 5.50. The van der Waals surface area contributed by atoms with Crippen LogP contribution in [0, 0.1) is 15.9 Å².